The molecule has 4 N–H and O–H groups in total. The van der Waals surface area contributed by atoms with Gasteiger partial charge in [0.1, 0.15) is 6.10 Å². The number of amides is 2. The third-order valence-corrected chi connectivity index (χ3v) is 2.56. The molecule has 0 fully saturated rings. The third kappa shape index (κ3) is 5.27. The summed E-state index contributed by atoms with van der Waals surface area (Å²) in [6.45, 7) is 3.37. The Balaban J connectivity index is 2.58. The molecular weight excluding hydrogens is 252 g/mol. The number of rotatable bonds is 5. The van der Waals surface area contributed by atoms with Crippen LogP contribution in [0.5, 0.6) is 0 Å². The number of carbonyl (C=O) groups is 2. The van der Waals surface area contributed by atoms with Gasteiger partial charge in [0.15, 0.2) is 0 Å². The first-order chi connectivity index (χ1) is 8.92. The van der Waals surface area contributed by atoms with Crippen LogP contribution in [-0.4, -0.2) is 53.1 Å². The Morgan fingerprint density at radius 1 is 1.37 bits per heavy atom. The predicted molar refractivity (Wildman–Crippen MR) is 67.7 cm³/mol. The lowest BCUT2D eigenvalue weighted by Crippen LogP contribution is -2.52. The molecule has 0 unspecified atom stereocenters. The predicted octanol–water partition coefficient (Wildman–Crippen LogP) is -0.147. The van der Waals surface area contributed by atoms with Gasteiger partial charge in [0, 0.05) is 6.04 Å². The van der Waals surface area contributed by atoms with E-state index in [0.717, 1.165) is 0 Å². The number of hydrogen-bond acceptors (Lipinski definition) is 4. The fourth-order valence-electron chi connectivity index (χ4n) is 1.76. The highest BCUT2D eigenvalue weighted by molar-refractivity contribution is 5.74. The number of nitrogens with one attached hydrogen (secondary N) is 2. The minimum absolute atomic E-state index is 0.000763. The van der Waals surface area contributed by atoms with E-state index in [0.29, 0.717) is 0 Å². The molecule has 0 aliphatic carbocycles. The molecule has 2 amide bonds. The molecule has 1 rings (SSSR count). The van der Waals surface area contributed by atoms with E-state index in [9.17, 15) is 14.7 Å². The topological polar surface area (TPSA) is 108 Å². The Bertz CT molecular complexity index is 356. The van der Waals surface area contributed by atoms with Gasteiger partial charge in [0.05, 0.1) is 25.2 Å². The summed E-state index contributed by atoms with van der Waals surface area (Å²) < 4.78 is 5.40. The van der Waals surface area contributed by atoms with Crippen LogP contribution in [0.3, 0.4) is 0 Å². The summed E-state index contributed by atoms with van der Waals surface area (Å²) in [6.07, 6.45) is 1.84. The van der Waals surface area contributed by atoms with Gasteiger partial charge in [-0.05, 0) is 13.8 Å². The summed E-state index contributed by atoms with van der Waals surface area (Å²) in [6, 6.07) is -0.835. The summed E-state index contributed by atoms with van der Waals surface area (Å²) in [5, 5.41) is 23.2. The molecule has 108 valence electrons. The fourth-order valence-corrected chi connectivity index (χ4v) is 1.76. The number of ether oxygens (including phenoxy) is 1. The molecule has 1 heterocycles. The molecule has 1 aliphatic rings. The van der Waals surface area contributed by atoms with E-state index in [-0.39, 0.29) is 25.1 Å². The zero-order valence-electron chi connectivity index (χ0n) is 11.0. The lowest BCUT2D eigenvalue weighted by molar-refractivity contribution is -0.141. The standard InChI is InChI=1S/C12H20N2O5/c1-7(2)13-12(18)14-9-4-3-8(5-11(16)17)19-10(9)6-15/h3-4,7-10,15H,5-6H2,1-2H3,(H,16,17)(H2,13,14,18)/t8-,9-,10+/m0/s1. The lowest BCUT2D eigenvalue weighted by Gasteiger charge is -2.31. The van der Waals surface area contributed by atoms with Gasteiger partial charge in [-0.2, -0.15) is 0 Å². The minimum Gasteiger partial charge on any atom is -0.481 e. The molecule has 0 aromatic heterocycles. The molecule has 0 aromatic carbocycles. The number of hydrogen-bond donors (Lipinski definition) is 4. The number of carboxylic acids is 1. The summed E-state index contributed by atoms with van der Waals surface area (Å²) in [4.78, 5) is 22.1. The zero-order valence-corrected chi connectivity index (χ0v) is 11.0. The van der Waals surface area contributed by atoms with Crippen molar-refractivity contribution in [2.75, 3.05) is 6.61 Å². The van der Waals surface area contributed by atoms with Crippen molar-refractivity contribution in [3.63, 3.8) is 0 Å². The average Bonchev–Trinajstić information content (AvgIpc) is 2.29. The van der Waals surface area contributed by atoms with Gasteiger partial charge in [-0.25, -0.2) is 4.79 Å². The van der Waals surface area contributed by atoms with Crippen LogP contribution in [0.15, 0.2) is 12.2 Å². The molecule has 0 saturated carbocycles. The first-order valence-electron chi connectivity index (χ1n) is 6.15. The second-order valence-corrected chi connectivity index (χ2v) is 4.68. The Labute approximate surface area is 111 Å². The van der Waals surface area contributed by atoms with Gasteiger partial charge in [-0.3, -0.25) is 4.79 Å². The van der Waals surface area contributed by atoms with Gasteiger partial charge in [-0.1, -0.05) is 12.2 Å². The molecular formula is C12H20N2O5. The number of aliphatic carboxylic acids is 1. The molecule has 0 radical (unpaired) electrons. The first kappa shape index (κ1) is 15.5. The monoisotopic (exact) mass is 272 g/mol. The quantitative estimate of drug-likeness (QED) is 0.521. The zero-order chi connectivity index (χ0) is 14.4. The van der Waals surface area contributed by atoms with Crippen LogP contribution in [0, 0.1) is 0 Å². The lowest BCUT2D eigenvalue weighted by atomic mass is 10.1. The van der Waals surface area contributed by atoms with E-state index < -0.39 is 24.2 Å². The molecule has 0 bridgehead atoms. The maximum absolute atomic E-state index is 11.6. The Morgan fingerprint density at radius 2 is 2.05 bits per heavy atom. The Morgan fingerprint density at radius 3 is 2.58 bits per heavy atom. The maximum atomic E-state index is 11.6. The van der Waals surface area contributed by atoms with E-state index in [4.69, 9.17) is 9.84 Å². The van der Waals surface area contributed by atoms with Crippen molar-refractivity contribution in [1.82, 2.24) is 10.6 Å². The number of carboxylic acid groups (broad SMARTS) is 1. The molecule has 1 aliphatic heterocycles. The third-order valence-electron chi connectivity index (χ3n) is 2.56. The van der Waals surface area contributed by atoms with E-state index in [1.807, 2.05) is 13.8 Å². The highest BCUT2D eigenvalue weighted by atomic mass is 16.5. The van der Waals surface area contributed by atoms with Crippen molar-refractivity contribution in [1.29, 1.82) is 0 Å². The number of aliphatic hydroxyl groups is 1. The highest BCUT2D eigenvalue weighted by Gasteiger charge is 2.28. The first-order valence-corrected chi connectivity index (χ1v) is 6.15. The molecule has 3 atom stereocenters. The second kappa shape index (κ2) is 7.10. The van der Waals surface area contributed by atoms with Crippen LogP contribution < -0.4 is 10.6 Å². The molecule has 7 nitrogen and oxygen atoms in total. The summed E-state index contributed by atoms with van der Waals surface area (Å²) >= 11 is 0. The van der Waals surface area contributed by atoms with E-state index in [1.165, 1.54) is 0 Å². The van der Waals surface area contributed by atoms with Crippen LogP contribution in [0.25, 0.3) is 0 Å². The largest absolute Gasteiger partial charge is 0.481 e. The van der Waals surface area contributed by atoms with Crippen LogP contribution in [0.2, 0.25) is 0 Å². The average molecular weight is 272 g/mol. The fraction of sp³-hybridized carbons (Fsp3) is 0.667. The Kier molecular flexibility index (Phi) is 5.78. The number of aliphatic hydroxyl groups excluding tert-OH is 1. The summed E-state index contributed by atoms with van der Waals surface area (Å²) in [7, 11) is 0. The van der Waals surface area contributed by atoms with E-state index in [2.05, 4.69) is 10.6 Å². The summed E-state index contributed by atoms with van der Waals surface area (Å²) in [5.41, 5.74) is 0. The smallest absolute Gasteiger partial charge is 0.315 e. The Hall–Kier alpha value is -1.60. The number of urea groups is 1. The van der Waals surface area contributed by atoms with Gasteiger partial charge in [-0.15, -0.1) is 0 Å². The van der Waals surface area contributed by atoms with Gasteiger partial charge in [0.2, 0.25) is 0 Å². The van der Waals surface area contributed by atoms with Crippen molar-refractivity contribution in [3.05, 3.63) is 12.2 Å². The van der Waals surface area contributed by atoms with Gasteiger partial charge < -0.3 is 25.6 Å². The van der Waals surface area contributed by atoms with Crippen molar-refractivity contribution < 1.29 is 24.5 Å². The minimum atomic E-state index is -0.977. The molecule has 0 spiro atoms. The molecule has 0 aromatic rings. The normalized spacial score (nSPS) is 26.2. The SMILES string of the molecule is CC(C)NC(=O)N[C@H]1C=C[C@@H](CC(=O)O)O[C@@H]1CO. The molecule has 0 saturated heterocycles. The van der Waals surface area contributed by atoms with Crippen LogP contribution in [-0.2, 0) is 9.53 Å². The van der Waals surface area contributed by atoms with E-state index >= 15 is 0 Å². The molecule has 7 heteroatoms. The van der Waals surface area contributed by atoms with Crippen molar-refractivity contribution in [2.45, 2.75) is 44.6 Å². The van der Waals surface area contributed by atoms with Crippen molar-refractivity contribution in [3.8, 4) is 0 Å². The second-order valence-electron chi connectivity index (χ2n) is 4.68. The van der Waals surface area contributed by atoms with Gasteiger partial charge >= 0.3 is 12.0 Å². The van der Waals surface area contributed by atoms with Gasteiger partial charge in [0.25, 0.3) is 0 Å². The van der Waals surface area contributed by atoms with Crippen LogP contribution >= 0.6 is 0 Å². The van der Waals surface area contributed by atoms with Crippen molar-refractivity contribution in [2.24, 2.45) is 0 Å². The number of carbonyl (C=O) groups excluding carboxylic acids is 1. The maximum Gasteiger partial charge on any atom is 0.315 e. The molecule has 19 heavy (non-hydrogen) atoms. The highest BCUT2D eigenvalue weighted by Crippen LogP contribution is 2.15. The van der Waals surface area contributed by atoms with Crippen LogP contribution in [0.1, 0.15) is 20.3 Å². The van der Waals surface area contributed by atoms with Crippen molar-refractivity contribution >= 4 is 12.0 Å². The van der Waals surface area contributed by atoms with E-state index in [1.54, 1.807) is 12.2 Å². The summed E-state index contributed by atoms with van der Waals surface area (Å²) in [5.74, 6) is -0.977. The van der Waals surface area contributed by atoms with Crippen LogP contribution in [0.4, 0.5) is 4.79 Å².